The van der Waals surface area contributed by atoms with Gasteiger partial charge in [-0.1, -0.05) is 23.2 Å². The molecule has 1 atom stereocenters. The average molecular weight is 287 g/mol. The van der Waals surface area contributed by atoms with Gasteiger partial charge in [0, 0.05) is 24.0 Å². The summed E-state index contributed by atoms with van der Waals surface area (Å²) >= 11 is 12.3. The first kappa shape index (κ1) is 13.5. The van der Waals surface area contributed by atoms with Gasteiger partial charge in [0.2, 0.25) is 5.91 Å². The minimum Gasteiger partial charge on any atom is -0.381 e. The molecule has 1 unspecified atom stereocenters. The van der Waals surface area contributed by atoms with Crippen LogP contribution in [-0.4, -0.2) is 18.5 Å². The second kappa shape index (κ2) is 5.81. The number of anilines is 1. The van der Waals surface area contributed by atoms with E-state index in [9.17, 15) is 4.79 Å². The fourth-order valence-corrected chi connectivity index (χ4v) is 2.51. The van der Waals surface area contributed by atoms with Gasteiger partial charge in [0.05, 0.1) is 10.7 Å². The predicted molar refractivity (Wildman–Crippen MR) is 75.5 cm³/mol. The van der Waals surface area contributed by atoms with E-state index in [4.69, 9.17) is 23.2 Å². The number of nitrogens with one attached hydrogen (secondary N) is 2. The van der Waals surface area contributed by atoms with E-state index in [2.05, 4.69) is 10.6 Å². The summed E-state index contributed by atoms with van der Waals surface area (Å²) in [5, 5.41) is 7.49. The first-order valence-electron chi connectivity index (χ1n) is 6.05. The molecular formula is C13H16Cl2N2O. The summed E-state index contributed by atoms with van der Waals surface area (Å²) in [5.74, 6) is 0.0827. The number of carbonyl (C=O) groups is 1. The van der Waals surface area contributed by atoms with Crippen molar-refractivity contribution >= 4 is 34.8 Å². The summed E-state index contributed by atoms with van der Waals surface area (Å²) in [6.45, 7) is 2.66. The van der Waals surface area contributed by atoms with Gasteiger partial charge in [0.15, 0.2) is 0 Å². The fourth-order valence-electron chi connectivity index (χ4n) is 2.07. The zero-order valence-electron chi connectivity index (χ0n) is 10.2. The minimum atomic E-state index is 0.0827. The molecule has 0 radical (unpaired) electrons. The SMILES string of the molecule is Cc1cc(Cl)c(NC2CCCNC(=O)C2)cc1Cl. The molecule has 1 heterocycles. The normalized spacial score (nSPS) is 20.2. The number of carbonyl (C=O) groups excluding carboxylic acids is 1. The summed E-state index contributed by atoms with van der Waals surface area (Å²) in [4.78, 5) is 11.5. The van der Waals surface area contributed by atoms with Crippen molar-refractivity contribution in [3.8, 4) is 0 Å². The van der Waals surface area contributed by atoms with E-state index < -0.39 is 0 Å². The second-order valence-corrected chi connectivity index (χ2v) is 5.43. The molecule has 2 N–H and O–H groups in total. The Balaban J connectivity index is 2.13. The first-order chi connectivity index (χ1) is 8.56. The van der Waals surface area contributed by atoms with Crippen molar-refractivity contribution in [1.29, 1.82) is 0 Å². The maximum atomic E-state index is 11.5. The Kier molecular flexibility index (Phi) is 4.36. The van der Waals surface area contributed by atoms with Crippen LogP contribution in [0, 0.1) is 6.92 Å². The van der Waals surface area contributed by atoms with E-state index >= 15 is 0 Å². The Morgan fingerprint density at radius 3 is 2.89 bits per heavy atom. The summed E-state index contributed by atoms with van der Waals surface area (Å²) in [6.07, 6.45) is 2.39. The van der Waals surface area contributed by atoms with Gasteiger partial charge in [-0.15, -0.1) is 0 Å². The second-order valence-electron chi connectivity index (χ2n) is 4.62. The van der Waals surface area contributed by atoms with Crippen molar-refractivity contribution in [2.75, 3.05) is 11.9 Å². The molecule has 0 aliphatic carbocycles. The summed E-state index contributed by atoms with van der Waals surface area (Å²) in [5.41, 5.74) is 1.75. The van der Waals surface area contributed by atoms with Gasteiger partial charge in [-0.2, -0.15) is 0 Å². The van der Waals surface area contributed by atoms with Gasteiger partial charge in [-0.3, -0.25) is 4.79 Å². The number of amides is 1. The third-order valence-electron chi connectivity index (χ3n) is 3.09. The Morgan fingerprint density at radius 2 is 2.11 bits per heavy atom. The monoisotopic (exact) mass is 286 g/mol. The zero-order valence-corrected chi connectivity index (χ0v) is 11.7. The van der Waals surface area contributed by atoms with E-state index in [0.29, 0.717) is 16.5 Å². The number of hydrogen-bond donors (Lipinski definition) is 2. The van der Waals surface area contributed by atoms with Crippen LogP contribution >= 0.6 is 23.2 Å². The van der Waals surface area contributed by atoms with E-state index in [-0.39, 0.29) is 11.9 Å². The number of rotatable bonds is 2. The van der Waals surface area contributed by atoms with Crippen LogP contribution in [0.1, 0.15) is 24.8 Å². The average Bonchev–Trinajstić information content (AvgIpc) is 2.50. The molecule has 5 heteroatoms. The topological polar surface area (TPSA) is 41.1 Å². The molecule has 1 aromatic carbocycles. The van der Waals surface area contributed by atoms with Crippen LogP contribution in [0.5, 0.6) is 0 Å². The lowest BCUT2D eigenvalue weighted by molar-refractivity contribution is -0.120. The third-order valence-corrected chi connectivity index (χ3v) is 3.81. The van der Waals surface area contributed by atoms with Crippen molar-refractivity contribution in [2.45, 2.75) is 32.2 Å². The quantitative estimate of drug-likeness (QED) is 0.875. The molecule has 1 fully saturated rings. The summed E-state index contributed by atoms with van der Waals surface area (Å²) in [7, 11) is 0. The standard InChI is InChI=1S/C13H16Cl2N2O/c1-8-5-11(15)12(7-10(8)14)17-9-3-2-4-16-13(18)6-9/h5,7,9,17H,2-4,6H2,1H3,(H,16,18). The number of halogens is 2. The molecule has 0 spiro atoms. The lowest BCUT2D eigenvalue weighted by Gasteiger charge is -2.18. The van der Waals surface area contributed by atoms with E-state index in [1.165, 1.54) is 0 Å². The highest BCUT2D eigenvalue weighted by Crippen LogP contribution is 2.30. The maximum absolute atomic E-state index is 11.5. The number of aryl methyl sites for hydroxylation is 1. The zero-order chi connectivity index (χ0) is 13.1. The van der Waals surface area contributed by atoms with Gasteiger partial charge >= 0.3 is 0 Å². The molecule has 0 aromatic heterocycles. The third kappa shape index (κ3) is 3.30. The molecular weight excluding hydrogens is 271 g/mol. The molecule has 1 aliphatic rings. The lowest BCUT2D eigenvalue weighted by Crippen LogP contribution is -2.26. The first-order valence-corrected chi connectivity index (χ1v) is 6.80. The van der Waals surface area contributed by atoms with Crippen molar-refractivity contribution in [3.05, 3.63) is 27.7 Å². The van der Waals surface area contributed by atoms with Gasteiger partial charge in [-0.05, 0) is 37.5 Å². The van der Waals surface area contributed by atoms with Crippen LogP contribution in [-0.2, 0) is 4.79 Å². The maximum Gasteiger partial charge on any atom is 0.222 e. The Labute approximate surface area is 117 Å². The minimum absolute atomic E-state index is 0.0827. The van der Waals surface area contributed by atoms with Crippen LogP contribution in [0.15, 0.2) is 12.1 Å². The molecule has 0 saturated carbocycles. The van der Waals surface area contributed by atoms with Crippen LogP contribution < -0.4 is 10.6 Å². The molecule has 1 aromatic rings. The predicted octanol–water partition coefficient (Wildman–Crippen LogP) is 3.38. The van der Waals surface area contributed by atoms with Crippen molar-refractivity contribution in [3.63, 3.8) is 0 Å². The lowest BCUT2D eigenvalue weighted by atomic mass is 10.1. The molecule has 18 heavy (non-hydrogen) atoms. The van der Waals surface area contributed by atoms with Gasteiger partial charge in [0.1, 0.15) is 0 Å². The summed E-state index contributed by atoms with van der Waals surface area (Å²) < 4.78 is 0. The van der Waals surface area contributed by atoms with E-state index in [1.807, 2.05) is 19.1 Å². The molecule has 1 aliphatic heterocycles. The Hall–Kier alpha value is -0.930. The molecule has 1 amide bonds. The number of hydrogen-bond acceptors (Lipinski definition) is 2. The fraction of sp³-hybridized carbons (Fsp3) is 0.462. The van der Waals surface area contributed by atoms with Crippen LogP contribution in [0.3, 0.4) is 0 Å². The molecule has 98 valence electrons. The molecule has 1 saturated heterocycles. The summed E-state index contributed by atoms with van der Waals surface area (Å²) in [6, 6.07) is 3.77. The van der Waals surface area contributed by atoms with E-state index in [0.717, 1.165) is 30.6 Å². The van der Waals surface area contributed by atoms with Crippen LogP contribution in [0.25, 0.3) is 0 Å². The van der Waals surface area contributed by atoms with Gasteiger partial charge in [-0.25, -0.2) is 0 Å². The Morgan fingerprint density at radius 1 is 1.33 bits per heavy atom. The van der Waals surface area contributed by atoms with Crippen LogP contribution in [0.2, 0.25) is 10.0 Å². The highest BCUT2D eigenvalue weighted by molar-refractivity contribution is 6.35. The van der Waals surface area contributed by atoms with E-state index in [1.54, 1.807) is 0 Å². The van der Waals surface area contributed by atoms with Crippen molar-refractivity contribution in [2.24, 2.45) is 0 Å². The Bertz CT molecular complexity index is 463. The smallest absolute Gasteiger partial charge is 0.222 e. The number of benzene rings is 1. The molecule has 0 bridgehead atoms. The van der Waals surface area contributed by atoms with Crippen molar-refractivity contribution in [1.82, 2.24) is 5.32 Å². The highest BCUT2D eigenvalue weighted by Gasteiger charge is 2.18. The van der Waals surface area contributed by atoms with Gasteiger partial charge < -0.3 is 10.6 Å². The van der Waals surface area contributed by atoms with Crippen molar-refractivity contribution < 1.29 is 4.79 Å². The van der Waals surface area contributed by atoms with Gasteiger partial charge in [0.25, 0.3) is 0 Å². The largest absolute Gasteiger partial charge is 0.381 e. The molecule has 3 nitrogen and oxygen atoms in total. The molecule has 2 rings (SSSR count). The highest BCUT2D eigenvalue weighted by atomic mass is 35.5. The van der Waals surface area contributed by atoms with Crippen LogP contribution in [0.4, 0.5) is 5.69 Å².